The molecule has 0 radical (unpaired) electrons. The lowest BCUT2D eigenvalue weighted by Gasteiger charge is -2.31. The van der Waals surface area contributed by atoms with Gasteiger partial charge in [-0.25, -0.2) is 0 Å². The fourth-order valence-corrected chi connectivity index (χ4v) is 4.17. The number of fused-ring (bicyclic) bond motifs is 1. The standard InChI is InChI=1S/C26H28N2O3/c1-3-16-31-24-10-8-19(17-25(24)30-2)9-11-26(29)28-14-12-20(13-15-28)22-18-27-23-7-5-4-6-21(22)23/h3-11,17-18,20,27H,1,12-16H2,2H3/b11-9+. The van der Waals surface area contributed by atoms with Crippen LogP contribution in [0.1, 0.15) is 29.9 Å². The Balaban J connectivity index is 1.36. The largest absolute Gasteiger partial charge is 0.493 e. The van der Waals surface area contributed by atoms with Crippen LogP contribution in [-0.2, 0) is 4.79 Å². The minimum atomic E-state index is 0.0447. The molecule has 2 heterocycles. The Morgan fingerprint density at radius 2 is 2.00 bits per heavy atom. The van der Waals surface area contributed by atoms with E-state index in [-0.39, 0.29) is 5.91 Å². The van der Waals surface area contributed by atoms with Gasteiger partial charge in [-0.1, -0.05) is 36.9 Å². The summed E-state index contributed by atoms with van der Waals surface area (Å²) in [4.78, 5) is 18.0. The Morgan fingerprint density at radius 1 is 1.19 bits per heavy atom. The third kappa shape index (κ3) is 4.66. The van der Waals surface area contributed by atoms with Gasteiger partial charge in [-0.15, -0.1) is 0 Å². The number of nitrogens with one attached hydrogen (secondary N) is 1. The third-order valence-corrected chi connectivity index (χ3v) is 5.83. The highest BCUT2D eigenvalue weighted by Gasteiger charge is 2.24. The maximum atomic E-state index is 12.7. The molecule has 2 aromatic carbocycles. The number of benzene rings is 2. The summed E-state index contributed by atoms with van der Waals surface area (Å²) in [6.45, 7) is 5.61. The van der Waals surface area contributed by atoms with E-state index in [2.05, 4.69) is 36.0 Å². The summed E-state index contributed by atoms with van der Waals surface area (Å²) in [5.74, 6) is 1.82. The van der Waals surface area contributed by atoms with E-state index >= 15 is 0 Å². The number of aromatic nitrogens is 1. The Kier molecular flexibility index (Phi) is 6.41. The van der Waals surface area contributed by atoms with Crippen molar-refractivity contribution in [2.75, 3.05) is 26.8 Å². The van der Waals surface area contributed by atoms with Gasteiger partial charge in [0.05, 0.1) is 7.11 Å². The molecule has 3 aromatic rings. The van der Waals surface area contributed by atoms with Gasteiger partial charge in [0.15, 0.2) is 11.5 Å². The number of rotatable bonds is 7. The molecule has 1 aliphatic heterocycles. The van der Waals surface area contributed by atoms with E-state index in [9.17, 15) is 4.79 Å². The molecule has 1 aromatic heterocycles. The first-order valence-electron chi connectivity index (χ1n) is 10.6. The number of methoxy groups -OCH3 is 1. The lowest BCUT2D eigenvalue weighted by Crippen LogP contribution is -2.36. The molecule has 0 spiro atoms. The lowest BCUT2D eigenvalue weighted by atomic mass is 9.89. The SMILES string of the molecule is C=CCOc1ccc(/C=C/C(=O)N2CCC(c3c[nH]c4ccccc34)CC2)cc1OC. The van der Waals surface area contributed by atoms with Gasteiger partial charge < -0.3 is 19.4 Å². The summed E-state index contributed by atoms with van der Waals surface area (Å²) in [5, 5.41) is 1.29. The zero-order chi connectivity index (χ0) is 21.6. The Bertz CT molecular complexity index is 1090. The van der Waals surface area contributed by atoms with Gasteiger partial charge in [0.1, 0.15) is 6.61 Å². The number of amides is 1. The fraction of sp³-hybridized carbons (Fsp3) is 0.269. The maximum absolute atomic E-state index is 12.7. The number of ether oxygens (including phenoxy) is 2. The molecule has 5 nitrogen and oxygen atoms in total. The van der Waals surface area contributed by atoms with Crippen molar-refractivity contribution in [3.8, 4) is 11.5 Å². The molecule has 0 saturated carbocycles. The normalized spacial score (nSPS) is 14.8. The van der Waals surface area contributed by atoms with Crippen molar-refractivity contribution < 1.29 is 14.3 Å². The zero-order valence-corrected chi connectivity index (χ0v) is 17.8. The number of piperidine rings is 1. The van der Waals surface area contributed by atoms with Gasteiger partial charge in [-0.2, -0.15) is 0 Å². The minimum absolute atomic E-state index is 0.0447. The van der Waals surface area contributed by atoms with Crippen LogP contribution in [0.4, 0.5) is 0 Å². The van der Waals surface area contributed by atoms with Crippen LogP contribution in [0.5, 0.6) is 11.5 Å². The van der Waals surface area contributed by atoms with Crippen LogP contribution in [0.15, 0.2) is 67.4 Å². The third-order valence-electron chi connectivity index (χ3n) is 5.83. The van der Waals surface area contributed by atoms with E-state index in [4.69, 9.17) is 9.47 Å². The number of para-hydroxylation sites is 1. The highest BCUT2D eigenvalue weighted by atomic mass is 16.5. The molecule has 160 valence electrons. The average molecular weight is 417 g/mol. The first-order chi connectivity index (χ1) is 15.2. The fourth-order valence-electron chi connectivity index (χ4n) is 4.17. The topological polar surface area (TPSA) is 54.6 Å². The van der Waals surface area contributed by atoms with Gasteiger partial charge in [-0.05, 0) is 54.2 Å². The number of hydrogen-bond acceptors (Lipinski definition) is 3. The number of carbonyl (C=O) groups excluding carboxylic acids is 1. The highest BCUT2D eigenvalue weighted by molar-refractivity contribution is 5.92. The number of H-pyrrole nitrogens is 1. The molecule has 0 aliphatic carbocycles. The number of nitrogens with zero attached hydrogens (tertiary/aromatic N) is 1. The van der Waals surface area contributed by atoms with Crippen molar-refractivity contribution in [3.05, 3.63) is 78.5 Å². The van der Waals surface area contributed by atoms with Crippen LogP contribution in [0, 0.1) is 0 Å². The van der Waals surface area contributed by atoms with Crippen LogP contribution in [0.25, 0.3) is 17.0 Å². The van der Waals surface area contributed by atoms with E-state index in [0.29, 0.717) is 24.0 Å². The zero-order valence-electron chi connectivity index (χ0n) is 17.8. The number of aromatic amines is 1. The van der Waals surface area contributed by atoms with Gasteiger partial charge >= 0.3 is 0 Å². The van der Waals surface area contributed by atoms with Crippen LogP contribution < -0.4 is 9.47 Å². The van der Waals surface area contributed by atoms with Crippen LogP contribution in [-0.4, -0.2) is 42.6 Å². The molecule has 0 unspecified atom stereocenters. The van der Waals surface area contributed by atoms with Crippen LogP contribution >= 0.6 is 0 Å². The highest BCUT2D eigenvalue weighted by Crippen LogP contribution is 2.33. The maximum Gasteiger partial charge on any atom is 0.246 e. The summed E-state index contributed by atoms with van der Waals surface area (Å²) in [5.41, 5.74) is 3.43. The first kappa shape index (κ1) is 20.8. The summed E-state index contributed by atoms with van der Waals surface area (Å²) in [6, 6.07) is 14.0. The van der Waals surface area contributed by atoms with Crippen molar-refractivity contribution in [1.82, 2.24) is 9.88 Å². The number of carbonyl (C=O) groups is 1. The summed E-state index contributed by atoms with van der Waals surface area (Å²) in [6.07, 6.45) is 9.24. The van der Waals surface area contributed by atoms with E-state index in [1.165, 1.54) is 16.5 Å². The molecular formula is C26H28N2O3. The van der Waals surface area contributed by atoms with E-state index < -0.39 is 0 Å². The monoisotopic (exact) mass is 416 g/mol. The van der Waals surface area contributed by atoms with Crippen molar-refractivity contribution in [2.24, 2.45) is 0 Å². The summed E-state index contributed by atoms with van der Waals surface area (Å²) >= 11 is 0. The molecule has 0 bridgehead atoms. The second kappa shape index (κ2) is 9.56. The van der Waals surface area contributed by atoms with Crippen LogP contribution in [0.3, 0.4) is 0 Å². The lowest BCUT2D eigenvalue weighted by molar-refractivity contribution is -0.126. The molecule has 1 saturated heterocycles. The summed E-state index contributed by atoms with van der Waals surface area (Å²) < 4.78 is 11.0. The second-order valence-electron chi connectivity index (χ2n) is 7.73. The number of likely N-dealkylation sites (tertiary alicyclic amines) is 1. The van der Waals surface area contributed by atoms with Gasteiger partial charge in [0.25, 0.3) is 0 Å². The Hall–Kier alpha value is -3.47. The molecule has 1 fully saturated rings. The van der Waals surface area contributed by atoms with E-state index in [1.807, 2.05) is 35.2 Å². The van der Waals surface area contributed by atoms with Gasteiger partial charge in [0, 0.05) is 36.3 Å². The summed E-state index contributed by atoms with van der Waals surface area (Å²) in [7, 11) is 1.60. The van der Waals surface area contributed by atoms with E-state index in [1.54, 1.807) is 19.3 Å². The second-order valence-corrected chi connectivity index (χ2v) is 7.73. The Morgan fingerprint density at radius 3 is 2.77 bits per heavy atom. The van der Waals surface area contributed by atoms with Crippen molar-refractivity contribution >= 4 is 22.9 Å². The molecular weight excluding hydrogens is 388 g/mol. The van der Waals surface area contributed by atoms with Crippen LogP contribution in [0.2, 0.25) is 0 Å². The smallest absolute Gasteiger partial charge is 0.246 e. The van der Waals surface area contributed by atoms with Gasteiger partial charge in [-0.3, -0.25) is 4.79 Å². The predicted molar refractivity (Wildman–Crippen MR) is 125 cm³/mol. The van der Waals surface area contributed by atoms with Crippen molar-refractivity contribution in [3.63, 3.8) is 0 Å². The van der Waals surface area contributed by atoms with Gasteiger partial charge in [0.2, 0.25) is 5.91 Å². The van der Waals surface area contributed by atoms with Crippen molar-refractivity contribution in [2.45, 2.75) is 18.8 Å². The minimum Gasteiger partial charge on any atom is -0.493 e. The number of hydrogen-bond donors (Lipinski definition) is 1. The van der Waals surface area contributed by atoms with Crippen molar-refractivity contribution in [1.29, 1.82) is 0 Å². The molecule has 1 amide bonds. The molecule has 1 aliphatic rings. The predicted octanol–water partition coefficient (Wildman–Crippen LogP) is 5.16. The molecule has 1 N–H and O–H groups in total. The average Bonchev–Trinajstić information content (AvgIpc) is 3.25. The van der Waals surface area contributed by atoms with E-state index in [0.717, 1.165) is 31.5 Å². The molecule has 31 heavy (non-hydrogen) atoms. The molecule has 4 rings (SSSR count). The molecule has 0 atom stereocenters. The quantitative estimate of drug-likeness (QED) is 0.427. The Labute approximate surface area is 183 Å². The first-order valence-corrected chi connectivity index (χ1v) is 10.6. The molecule has 5 heteroatoms.